The highest BCUT2D eigenvalue weighted by molar-refractivity contribution is 4.91. The van der Waals surface area contributed by atoms with Crippen molar-refractivity contribution in [3.05, 3.63) is 0 Å². The molecule has 1 heterocycles. The van der Waals surface area contributed by atoms with Gasteiger partial charge < -0.3 is 15.2 Å². The van der Waals surface area contributed by atoms with Crippen molar-refractivity contribution >= 4 is 0 Å². The lowest BCUT2D eigenvalue weighted by molar-refractivity contribution is -0.172. The lowest BCUT2D eigenvalue weighted by Gasteiger charge is -2.32. The van der Waals surface area contributed by atoms with Gasteiger partial charge >= 0.3 is 0 Å². The van der Waals surface area contributed by atoms with Gasteiger partial charge in [0.25, 0.3) is 0 Å². The Morgan fingerprint density at radius 3 is 2.64 bits per heavy atom. The molecule has 1 aliphatic carbocycles. The van der Waals surface area contributed by atoms with Gasteiger partial charge in [0, 0.05) is 0 Å². The van der Waals surface area contributed by atoms with Crippen LogP contribution in [0.2, 0.25) is 0 Å². The van der Waals surface area contributed by atoms with E-state index >= 15 is 0 Å². The predicted molar refractivity (Wildman–Crippen MR) is 55.0 cm³/mol. The molecule has 3 heteroatoms. The minimum atomic E-state index is -0.631. The number of aliphatic hydroxyl groups excluding tert-OH is 1. The zero-order chi connectivity index (χ0) is 10.0. The second-order valence-electron chi connectivity index (χ2n) is 4.84. The standard InChI is InChI=1S/C11H21NO2/c1-11(7-4-8-12-11)10(13)14-9-5-2-3-6-9/h9-10,12-13H,2-8H2,1H3. The van der Waals surface area contributed by atoms with Crippen molar-refractivity contribution in [2.24, 2.45) is 0 Å². The fraction of sp³-hybridized carbons (Fsp3) is 1.00. The van der Waals surface area contributed by atoms with Gasteiger partial charge in [-0.1, -0.05) is 12.8 Å². The first-order valence-electron chi connectivity index (χ1n) is 5.79. The third kappa shape index (κ3) is 2.10. The molecule has 0 amide bonds. The molecule has 1 saturated heterocycles. The lowest BCUT2D eigenvalue weighted by atomic mass is 10.00. The summed E-state index contributed by atoms with van der Waals surface area (Å²) in [6.07, 6.45) is 6.56. The Morgan fingerprint density at radius 1 is 1.36 bits per heavy atom. The van der Waals surface area contributed by atoms with Gasteiger partial charge in [0.1, 0.15) is 0 Å². The van der Waals surface area contributed by atoms with Crippen molar-refractivity contribution in [3.63, 3.8) is 0 Å². The van der Waals surface area contributed by atoms with Gasteiger partial charge in [-0.2, -0.15) is 0 Å². The average Bonchev–Trinajstić information content (AvgIpc) is 2.76. The smallest absolute Gasteiger partial charge is 0.172 e. The summed E-state index contributed by atoms with van der Waals surface area (Å²) >= 11 is 0. The molecule has 1 aliphatic heterocycles. The van der Waals surface area contributed by atoms with Crippen molar-refractivity contribution in [1.82, 2.24) is 5.32 Å². The number of hydrogen-bond donors (Lipinski definition) is 2. The van der Waals surface area contributed by atoms with E-state index in [2.05, 4.69) is 12.2 Å². The summed E-state index contributed by atoms with van der Waals surface area (Å²) in [6, 6.07) is 0. The summed E-state index contributed by atoms with van der Waals surface area (Å²) in [7, 11) is 0. The molecule has 2 atom stereocenters. The van der Waals surface area contributed by atoms with Crippen LogP contribution in [0.3, 0.4) is 0 Å². The monoisotopic (exact) mass is 199 g/mol. The minimum Gasteiger partial charge on any atom is -0.366 e. The van der Waals surface area contributed by atoms with Gasteiger partial charge in [-0.25, -0.2) is 0 Å². The molecule has 0 spiro atoms. The SMILES string of the molecule is CC1(C(O)OC2CCCC2)CCCN1. The normalized spacial score (nSPS) is 36.4. The highest BCUT2D eigenvalue weighted by Crippen LogP contribution is 2.28. The van der Waals surface area contributed by atoms with Gasteiger partial charge in [0.2, 0.25) is 0 Å². The molecule has 2 fully saturated rings. The van der Waals surface area contributed by atoms with Crippen LogP contribution in [0.1, 0.15) is 45.4 Å². The third-order valence-corrected chi connectivity index (χ3v) is 3.57. The summed E-state index contributed by atoms with van der Waals surface area (Å²) in [5.74, 6) is 0. The van der Waals surface area contributed by atoms with Gasteiger partial charge in [0.15, 0.2) is 6.29 Å². The van der Waals surface area contributed by atoms with Crippen LogP contribution in [0.4, 0.5) is 0 Å². The Morgan fingerprint density at radius 2 is 2.07 bits per heavy atom. The maximum absolute atomic E-state index is 9.98. The van der Waals surface area contributed by atoms with E-state index in [4.69, 9.17) is 4.74 Å². The molecule has 14 heavy (non-hydrogen) atoms. The summed E-state index contributed by atoms with van der Waals surface area (Å²) in [5, 5.41) is 13.3. The van der Waals surface area contributed by atoms with Crippen LogP contribution in [0.25, 0.3) is 0 Å². The molecule has 3 nitrogen and oxygen atoms in total. The molecule has 2 aliphatic rings. The average molecular weight is 199 g/mol. The Hall–Kier alpha value is -0.120. The molecular formula is C11H21NO2. The molecule has 0 bridgehead atoms. The van der Waals surface area contributed by atoms with E-state index in [0.29, 0.717) is 6.10 Å². The molecule has 1 saturated carbocycles. The van der Waals surface area contributed by atoms with E-state index in [0.717, 1.165) is 32.2 Å². The first kappa shape index (κ1) is 10.4. The highest BCUT2D eigenvalue weighted by Gasteiger charge is 2.38. The zero-order valence-electron chi connectivity index (χ0n) is 8.96. The van der Waals surface area contributed by atoms with Crippen LogP contribution in [0.15, 0.2) is 0 Å². The summed E-state index contributed by atoms with van der Waals surface area (Å²) in [5.41, 5.74) is -0.206. The second kappa shape index (κ2) is 4.17. The van der Waals surface area contributed by atoms with Crippen molar-refractivity contribution in [3.8, 4) is 0 Å². The maximum Gasteiger partial charge on any atom is 0.172 e. The first-order valence-corrected chi connectivity index (χ1v) is 5.79. The van der Waals surface area contributed by atoms with E-state index in [1.807, 2.05) is 0 Å². The Bertz CT molecular complexity index is 184. The molecular weight excluding hydrogens is 178 g/mol. The number of nitrogens with one attached hydrogen (secondary N) is 1. The van der Waals surface area contributed by atoms with Gasteiger partial charge in [-0.15, -0.1) is 0 Å². The van der Waals surface area contributed by atoms with E-state index in [1.165, 1.54) is 12.8 Å². The van der Waals surface area contributed by atoms with Crippen LogP contribution in [0.5, 0.6) is 0 Å². The quantitative estimate of drug-likeness (QED) is 0.675. The van der Waals surface area contributed by atoms with E-state index in [1.54, 1.807) is 0 Å². The van der Waals surface area contributed by atoms with Crippen molar-refractivity contribution in [1.29, 1.82) is 0 Å². The third-order valence-electron chi connectivity index (χ3n) is 3.57. The number of hydrogen-bond acceptors (Lipinski definition) is 3. The second-order valence-corrected chi connectivity index (χ2v) is 4.84. The number of rotatable bonds is 3. The summed E-state index contributed by atoms with van der Waals surface area (Å²) < 4.78 is 5.69. The first-order chi connectivity index (χ1) is 6.71. The van der Waals surface area contributed by atoms with Gasteiger partial charge in [-0.05, 0) is 39.2 Å². The topological polar surface area (TPSA) is 41.5 Å². The van der Waals surface area contributed by atoms with E-state index in [-0.39, 0.29) is 5.54 Å². The number of aliphatic hydroxyl groups is 1. The molecule has 2 unspecified atom stereocenters. The molecule has 0 aromatic heterocycles. The predicted octanol–water partition coefficient (Wildman–Crippen LogP) is 1.41. The Kier molecular flexibility index (Phi) is 3.10. The lowest BCUT2D eigenvalue weighted by Crippen LogP contribution is -2.50. The van der Waals surface area contributed by atoms with Crippen LogP contribution in [-0.2, 0) is 4.74 Å². The van der Waals surface area contributed by atoms with Gasteiger partial charge in [0.05, 0.1) is 11.6 Å². The van der Waals surface area contributed by atoms with Crippen LogP contribution >= 0.6 is 0 Å². The van der Waals surface area contributed by atoms with Crippen LogP contribution in [0, 0.1) is 0 Å². The van der Waals surface area contributed by atoms with Gasteiger partial charge in [-0.3, -0.25) is 0 Å². The highest BCUT2D eigenvalue weighted by atomic mass is 16.6. The van der Waals surface area contributed by atoms with E-state index in [9.17, 15) is 5.11 Å². The van der Waals surface area contributed by atoms with Crippen molar-refractivity contribution < 1.29 is 9.84 Å². The summed E-state index contributed by atoms with van der Waals surface area (Å²) in [6.45, 7) is 3.06. The molecule has 0 aromatic carbocycles. The molecule has 0 radical (unpaired) electrons. The fourth-order valence-corrected chi connectivity index (χ4v) is 2.49. The number of ether oxygens (including phenoxy) is 1. The molecule has 2 N–H and O–H groups in total. The molecule has 0 aromatic rings. The van der Waals surface area contributed by atoms with Crippen LogP contribution < -0.4 is 5.32 Å². The largest absolute Gasteiger partial charge is 0.366 e. The Labute approximate surface area is 85.8 Å². The van der Waals surface area contributed by atoms with Crippen molar-refractivity contribution in [2.45, 2.75) is 63.4 Å². The Balaban J connectivity index is 1.84. The zero-order valence-corrected chi connectivity index (χ0v) is 8.96. The minimum absolute atomic E-state index is 0.206. The van der Waals surface area contributed by atoms with Crippen LogP contribution in [-0.4, -0.2) is 29.6 Å². The molecule has 82 valence electrons. The molecule has 2 rings (SSSR count). The van der Waals surface area contributed by atoms with Crippen molar-refractivity contribution in [2.75, 3.05) is 6.54 Å². The fourth-order valence-electron chi connectivity index (χ4n) is 2.49. The van der Waals surface area contributed by atoms with E-state index < -0.39 is 6.29 Å². The maximum atomic E-state index is 9.98. The summed E-state index contributed by atoms with van der Waals surface area (Å²) in [4.78, 5) is 0.